The lowest BCUT2D eigenvalue weighted by molar-refractivity contribution is 0.0664. The summed E-state index contributed by atoms with van der Waals surface area (Å²) in [6, 6.07) is 4.64. The van der Waals surface area contributed by atoms with Crippen molar-refractivity contribution in [3.05, 3.63) is 23.9 Å². The number of hydrogen-bond acceptors (Lipinski definition) is 4. The SMILES string of the molecule is CN(C)c1cc(C(=O)N2CCC[C@H]2[C@H]2CCCN2C)ccn1. The number of hydrogen-bond donors (Lipinski definition) is 0. The lowest BCUT2D eigenvalue weighted by atomic mass is 10.0. The van der Waals surface area contributed by atoms with E-state index in [0.717, 1.165) is 37.3 Å². The van der Waals surface area contributed by atoms with E-state index < -0.39 is 0 Å². The second kappa shape index (κ2) is 6.24. The summed E-state index contributed by atoms with van der Waals surface area (Å²) in [5, 5.41) is 0. The molecule has 2 aliphatic heterocycles. The van der Waals surface area contributed by atoms with Gasteiger partial charge >= 0.3 is 0 Å². The number of carbonyl (C=O) groups excluding carboxylic acids is 1. The van der Waals surface area contributed by atoms with E-state index >= 15 is 0 Å². The summed E-state index contributed by atoms with van der Waals surface area (Å²) in [5.41, 5.74) is 0.756. The maximum Gasteiger partial charge on any atom is 0.254 e. The van der Waals surface area contributed by atoms with Crippen LogP contribution in [0.15, 0.2) is 18.3 Å². The molecule has 1 aromatic rings. The van der Waals surface area contributed by atoms with Crippen molar-refractivity contribution < 1.29 is 4.79 Å². The van der Waals surface area contributed by atoms with E-state index in [9.17, 15) is 4.79 Å². The molecule has 120 valence electrons. The van der Waals surface area contributed by atoms with Crippen LogP contribution in [0.25, 0.3) is 0 Å². The van der Waals surface area contributed by atoms with Gasteiger partial charge in [0.25, 0.3) is 5.91 Å². The Morgan fingerprint density at radius 2 is 1.95 bits per heavy atom. The third-order valence-corrected chi connectivity index (χ3v) is 5.03. The second-order valence-electron chi connectivity index (χ2n) is 6.70. The van der Waals surface area contributed by atoms with Crippen LogP contribution in [-0.4, -0.2) is 67.0 Å². The summed E-state index contributed by atoms with van der Waals surface area (Å²) in [6.07, 6.45) is 6.44. The third-order valence-electron chi connectivity index (χ3n) is 5.03. The van der Waals surface area contributed by atoms with Gasteiger partial charge in [-0.05, 0) is 51.4 Å². The predicted octanol–water partition coefficient (Wildman–Crippen LogP) is 1.85. The van der Waals surface area contributed by atoms with Gasteiger partial charge in [-0.1, -0.05) is 0 Å². The quantitative estimate of drug-likeness (QED) is 0.854. The number of nitrogens with zero attached hydrogens (tertiary/aromatic N) is 4. The highest BCUT2D eigenvalue weighted by Crippen LogP contribution is 2.30. The molecule has 2 fully saturated rings. The van der Waals surface area contributed by atoms with E-state index in [1.807, 2.05) is 31.1 Å². The summed E-state index contributed by atoms with van der Waals surface area (Å²) in [7, 11) is 6.08. The smallest absolute Gasteiger partial charge is 0.254 e. The Hall–Kier alpha value is -1.62. The first-order valence-electron chi connectivity index (χ1n) is 8.22. The highest BCUT2D eigenvalue weighted by molar-refractivity contribution is 5.95. The molecule has 5 heteroatoms. The first-order chi connectivity index (χ1) is 10.6. The van der Waals surface area contributed by atoms with Crippen LogP contribution >= 0.6 is 0 Å². The zero-order valence-electron chi connectivity index (χ0n) is 13.8. The minimum absolute atomic E-state index is 0.160. The largest absolute Gasteiger partial charge is 0.363 e. The van der Waals surface area contributed by atoms with Crippen LogP contribution < -0.4 is 4.90 Å². The molecular formula is C17H26N4O. The first-order valence-corrected chi connectivity index (χ1v) is 8.22. The van der Waals surface area contributed by atoms with Crippen molar-refractivity contribution in [3.8, 4) is 0 Å². The van der Waals surface area contributed by atoms with Crippen LogP contribution in [-0.2, 0) is 0 Å². The van der Waals surface area contributed by atoms with Gasteiger partial charge < -0.3 is 14.7 Å². The number of amides is 1. The molecule has 0 saturated carbocycles. The first kappa shape index (κ1) is 15.3. The highest BCUT2D eigenvalue weighted by Gasteiger charge is 2.38. The Bertz CT molecular complexity index is 545. The predicted molar refractivity (Wildman–Crippen MR) is 88.3 cm³/mol. The number of likely N-dealkylation sites (N-methyl/N-ethyl adjacent to an activating group) is 1. The van der Waals surface area contributed by atoms with E-state index in [1.54, 1.807) is 6.20 Å². The van der Waals surface area contributed by atoms with Crippen molar-refractivity contribution in [1.82, 2.24) is 14.8 Å². The van der Waals surface area contributed by atoms with Crippen molar-refractivity contribution in [2.24, 2.45) is 0 Å². The number of aromatic nitrogens is 1. The van der Waals surface area contributed by atoms with Gasteiger partial charge in [0.2, 0.25) is 0 Å². The van der Waals surface area contributed by atoms with Crippen LogP contribution in [0.3, 0.4) is 0 Å². The number of rotatable bonds is 3. The van der Waals surface area contributed by atoms with Crippen molar-refractivity contribution >= 4 is 11.7 Å². The van der Waals surface area contributed by atoms with Crippen LogP contribution in [0.2, 0.25) is 0 Å². The molecule has 3 rings (SSSR count). The van der Waals surface area contributed by atoms with Gasteiger partial charge in [0, 0.05) is 44.5 Å². The van der Waals surface area contributed by atoms with E-state index in [2.05, 4.69) is 21.8 Å². The Morgan fingerprint density at radius 3 is 2.64 bits per heavy atom. The fourth-order valence-electron chi connectivity index (χ4n) is 3.83. The van der Waals surface area contributed by atoms with Gasteiger partial charge in [0.15, 0.2) is 0 Å². The van der Waals surface area contributed by atoms with Gasteiger partial charge in [-0.25, -0.2) is 4.98 Å². The summed E-state index contributed by atoms with van der Waals surface area (Å²) < 4.78 is 0. The summed E-state index contributed by atoms with van der Waals surface area (Å²) >= 11 is 0. The topological polar surface area (TPSA) is 39.7 Å². The normalized spacial score (nSPS) is 25.7. The average Bonchev–Trinajstić information content (AvgIpc) is 3.14. The van der Waals surface area contributed by atoms with Crippen LogP contribution in [0.4, 0.5) is 5.82 Å². The van der Waals surface area contributed by atoms with E-state index in [-0.39, 0.29) is 5.91 Å². The molecule has 1 aromatic heterocycles. The summed E-state index contributed by atoms with van der Waals surface area (Å²) in [5.74, 6) is 0.993. The van der Waals surface area contributed by atoms with Gasteiger partial charge in [-0.2, -0.15) is 0 Å². The third kappa shape index (κ3) is 2.82. The molecule has 2 atom stereocenters. The minimum atomic E-state index is 0.160. The second-order valence-corrected chi connectivity index (χ2v) is 6.70. The summed E-state index contributed by atoms with van der Waals surface area (Å²) in [4.78, 5) is 23.7. The van der Waals surface area contributed by atoms with E-state index in [4.69, 9.17) is 0 Å². The van der Waals surface area contributed by atoms with Gasteiger partial charge in [0.1, 0.15) is 5.82 Å². The maximum absolute atomic E-state index is 13.0. The van der Waals surface area contributed by atoms with Crippen molar-refractivity contribution in [1.29, 1.82) is 0 Å². The van der Waals surface area contributed by atoms with E-state index in [0.29, 0.717) is 12.1 Å². The van der Waals surface area contributed by atoms with Crippen molar-refractivity contribution in [2.75, 3.05) is 39.1 Å². The Morgan fingerprint density at radius 1 is 1.23 bits per heavy atom. The maximum atomic E-state index is 13.0. The monoisotopic (exact) mass is 302 g/mol. The van der Waals surface area contributed by atoms with Gasteiger partial charge in [-0.15, -0.1) is 0 Å². The minimum Gasteiger partial charge on any atom is -0.363 e. The Balaban J connectivity index is 1.80. The molecule has 2 aliphatic rings. The highest BCUT2D eigenvalue weighted by atomic mass is 16.2. The Kier molecular flexibility index (Phi) is 4.34. The standard InChI is InChI=1S/C17H26N4O/c1-19(2)16-12-13(8-9-18-16)17(22)21-11-5-7-15(21)14-6-4-10-20(14)3/h8-9,12,14-15H,4-7,10-11H2,1-3H3/t14-,15+/m1/s1. The fraction of sp³-hybridized carbons (Fsp3) is 0.647. The zero-order chi connectivity index (χ0) is 15.7. The van der Waals surface area contributed by atoms with Crippen LogP contribution in [0.1, 0.15) is 36.0 Å². The molecule has 0 aliphatic carbocycles. The molecule has 5 nitrogen and oxygen atoms in total. The molecule has 0 N–H and O–H groups in total. The van der Waals surface area contributed by atoms with Crippen LogP contribution in [0, 0.1) is 0 Å². The average molecular weight is 302 g/mol. The molecule has 0 radical (unpaired) electrons. The lowest BCUT2D eigenvalue weighted by Gasteiger charge is -2.33. The molecule has 0 unspecified atom stereocenters. The molecule has 3 heterocycles. The van der Waals surface area contributed by atoms with Crippen molar-refractivity contribution in [3.63, 3.8) is 0 Å². The van der Waals surface area contributed by atoms with Crippen molar-refractivity contribution in [2.45, 2.75) is 37.8 Å². The zero-order valence-corrected chi connectivity index (χ0v) is 13.8. The van der Waals surface area contributed by atoms with E-state index in [1.165, 1.54) is 12.8 Å². The number of anilines is 1. The molecule has 0 aromatic carbocycles. The lowest BCUT2D eigenvalue weighted by Crippen LogP contribution is -2.47. The molecular weight excluding hydrogens is 276 g/mol. The molecule has 0 bridgehead atoms. The fourth-order valence-corrected chi connectivity index (χ4v) is 3.83. The number of likely N-dealkylation sites (tertiary alicyclic amines) is 2. The molecule has 0 spiro atoms. The number of pyridine rings is 1. The molecule has 1 amide bonds. The van der Waals surface area contributed by atoms with Gasteiger partial charge in [-0.3, -0.25) is 4.79 Å². The molecule has 2 saturated heterocycles. The number of carbonyl (C=O) groups is 1. The molecule has 22 heavy (non-hydrogen) atoms. The summed E-state index contributed by atoms with van der Waals surface area (Å²) in [6.45, 7) is 2.04. The van der Waals surface area contributed by atoms with Gasteiger partial charge in [0.05, 0.1) is 0 Å². The van der Waals surface area contributed by atoms with Crippen LogP contribution in [0.5, 0.6) is 0 Å². The Labute approximate surface area is 132 Å².